The Balaban J connectivity index is 1.46. The number of benzene rings is 2. The number of hydrogen-bond acceptors (Lipinski definition) is 4. The van der Waals surface area contributed by atoms with Gasteiger partial charge in [0.2, 0.25) is 11.8 Å². The van der Waals surface area contributed by atoms with Crippen LogP contribution in [0.15, 0.2) is 42.5 Å². The van der Waals surface area contributed by atoms with Crippen molar-refractivity contribution >= 4 is 29.1 Å². The first-order valence-corrected chi connectivity index (χ1v) is 9.99. The Morgan fingerprint density at radius 3 is 2.62 bits per heavy atom. The van der Waals surface area contributed by atoms with Crippen LogP contribution in [-0.4, -0.2) is 49.6 Å². The maximum absolute atomic E-state index is 13.0. The maximum atomic E-state index is 13.0. The highest BCUT2D eigenvalue weighted by atomic mass is 35.5. The minimum atomic E-state index is -0.422. The van der Waals surface area contributed by atoms with Gasteiger partial charge >= 0.3 is 0 Å². The molecular formula is C22H23ClN2O4. The van der Waals surface area contributed by atoms with E-state index in [1.807, 2.05) is 24.3 Å². The van der Waals surface area contributed by atoms with Crippen LogP contribution >= 0.6 is 11.6 Å². The summed E-state index contributed by atoms with van der Waals surface area (Å²) >= 11 is 6.14. The van der Waals surface area contributed by atoms with Crippen LogP contribution in [0.25, 0.3) is 0 Å². The predicted octanol–water partition coefficient (Wildman–Crippen LogP) is 3.31. The van der Waals surface area contributed by atoms with Gasteiger partial charge in [-0.3, -0.25) is 9.59 Å². The highest BCUT2D eigenvalue weighted by molar-refractivity contribution is 6.31. The molecule has 2 aromatic rings. The second-order valence-electron chi connectivity index (χ2n) is 7.29. The SMILES string of the molecule is COc1ccccc1CCC(=O)N1C[C@@H]2C[C@H]1C(=O)N2c1cc(Cl)ccc1OC. The van der Waals surface area contributed by atoms with Gasteiger partial charge in [-0.25, -0.2) is 0 Å². The summed E-state index contributed by atoms with van der Waals surface area (Å²) in [6.45, 7) is 0.525. The molecule has 0 aromatic heterocycles. The van der Waals surface area contributed by atoms with E-state index in [0.717, 1.165) is 11.3 Å². The Morgan fingerprint density at radius 2 is 1.90 bits per heavy atom. The number of carbonyl (C=O) groups excluding carboxylic acids is 2. The second-order valence-corrected chi connectivity index (χ2v) is 7.72. The van der Waals surface area contributed by atoms with E-state index >= 15 is 0 Å². The number of rotatable bonds is 6. The molecule has 29 heavy (non-hydrogen) atoms. The van der Waals surface area contributed by atoms with Crippen LogP contribution in [0.1, 0.15) is 18.4 Å². The van der Waals surface area contributed by atoms with Gasteiger partial charge in [-0.1, -0.05) is 29.8 Å². The van der Waals surface area contributed by atoms with Crippen molar-refractivity contribution in [2.24, 2.45) is 0 Å². The fourth-order valence-corrected chi connectivity index (χ4v) is 4.48. The molecule has 2 atom stereocenters. The quantitative estimate of drug-likeness (QED) is 0.727. The van der Waals surface area contributed by atoms with E-state index < -0.39 is 6.04 Å². The van der Waals surface area contributed by atoms with Crippen molar-refractivity contribution < 1.29 is 19.1 Å². The van der Waals surface area contributed by atoms with Crippen molar-refractivity contribution in [2.75, 3.05) is 25.7 Å². The topological polar surface area (TPSA) is 59.1 Å². The van der Waals surface area contributed by atoms with E-state index in [0.29, 0.717) is 42.3 Å². The van der Waals surface area contributed by atoms with Crippen LogP contribution in [0.5, 0.6) is 11.5 Å². The summed E-state index contributed by atoms with van der Waals surface area (Å²) in [5.74, 6) is 1.30. The summed E-state index contributed by atoms with van der Waals surface area (Å²) in [6, 6.07) is 12.4. The zero-order valence-corrected chi connectivity index (χ0v) is 17.2. The Hall–Kier alpha value is -2.73. The number of halogens is 1. The van der Waals surface area contributed by atoms with E-state index in [1.54, 1.807) is 42.2 Å². The van der Waals surface area contributed by atoms with Gasteiger partial charge in [0.05, 0.1) is 25.9 Å². The molecule has 2 heterocycles. The highest BCUT2D eigenvalue weighted by Crippen LogP contribution is 2.41. The number of amides is 2. The van der Waals surface area contributed by atoms with Gasteiger partial charge < -0.3 is 19.3 Å². The zero-order chi connectivity index (χ0) is 20.5. The third kappa shape index (κ3) is 3.53. The monoisotopic (exact) mass is 414 g/mol. The minimum absolute atomic E-state index is 0.00512. The van der Waals surface area contributed by atoms with Gasteiger partial charge in [-0.05, 0) is 42.7 Å². The molecular weight excluding hydrogens is 392 g/mol. The number of anilines is 1. The normalized spacial score (nSPS) is 20.3. The lowest BCUT2D eigenvalue weighted by molar-refractivity contribution is -0.138. The molecule has 2 aromatic carbocycles. The highest BCUT2D eigenvalue weighted by Gasteiger charge is 2.52. The van der Waals surface area contributed by atoms with Crippen molar-refractivity contribution in [3.63, 3.8) is 0 Å². The van der Waals surface area contributed by atoms with Crippen LogP contribution in [0, 0.1) is 0 Å². The summed E-state index contributed by atoms with van der Waals surface area (Å²) in [5.41, 5.74) is 1.66. The fourth-order valence-electron chi connectivity index (χ4n) is 4.31. The van der Waals surface area contributed by atoms with Gasteiger partial charge in [0.25, 0.3) is 0 Å². The van der Waals surface area contributed by atoms with E-state index in [9.17, 15) is 9.59 Å². The molecule has 152 valence electrons. The van der Waals surface area contributed by atoms with E-state index in [4.69, 9.17) is 21.1 Å². The molecule has 0 saturated carbocycles. The average Bonchev–Trinajstić information content (AvgIpc) is 3.30. The van der Waals surface area contributed by atoms with Gasteiger partial charge in [-0.15, -0.1) is 0 Å². The number of piperazine rings is 1. The molecule has 2 bridgehead atoms. The van der Waals surface area contributed by atoms with Gasteiger partial charge in [0.1, 0.15) is 17.5 Å². The summed E-state index contributed by atoms with van der Waals surface area (Å²) < 4.78 is 10.8. The Labute approximate surface area is 174 Å². The maximum Gasteiger partial charge on any atom is 0.250 e. The zero-order valence-electron chi connectivity index (χ0n) is 16.4. The number of para-hydroxylation sites is 1. The summed E-state index contributed by atoms with van der Waals surface area (Å²) in [7, 11) is 3.19. The van der Waals surface area contributed by atoms with Crippen molar-refractivity contribution in [1.82, 2.24) is 4.90 Å². The van der Waals surface area contributed by atoms with Gasteiger partial charge in [0, 0.05) is 18.0 Å². The largest absolute Gasteiger partial charge is 0.496 e. The summed E-state index contributed by atoms with van der Waals surface area (Å²) in [5, 5.41) is 0.543. The first-order chi connectivity index (χ1) is 14.0. The van der Waals surface area contributed by atoms with Crippen molar-refractivity contribution in [3.05, 3.63) is 53.1 Å². The molecule has 0 spiro atoms. The third-order valence-electron chi connectivity index (χ3n) is 5.69. The smallest absolute Gasteiger partial charge is 0.250 e. The molecule has 0 aliphatic carbocycles. The number of fused-ring (bicyclic) bond motifs is 2. The van der Waals surface area contributed by atoms with Crippen LogP contribution in [0.2, 0.25) is 5.02 Å². The van der Waals surface area contributed by atoms with E-state index in [1.165, 1.54) is 0 Å². The lowest BCUT2D eigenvalue weighted by atomic mass is 10.1. The number of likely N-dealkylation sites (tertiary alicyclic amines) is 1. The molecule has 6 nitrogen and oxygen atoms in total. The number of carbonyl (C=O) groups is 2. The fraction of sp³-hybridized carbons (Fsp3) is 0.364. The molecule has 0 unspecified atom stereocenters. The second kappa shape index (κ2) is 7.95. The molecule has 7 heteroatoms. The number of nitrogens with zero attached hydrogens (tertiary/aromatic N) is 2. The Morgan fingerprint density at radius 1 is 1.14 bits per heavy atom. The summed E-state index contributed by atoms with van der Waals surface area (Å²) in [4.78, 5) is 29.3. The minimum Gasteiger partial charge on any atom is -0.496 e. The van der Waals surface area contributed by atoms with Crippen LogP contribution in [0.3, 0.4) is 0 Å². The first kappa shape index (κ1) is 19.6. The number of ether oxygens (including phenoxy) is 2. The standard InChI is InChI=1S/C22H23ClN2O4/c1-28-19-6-4-3-5-14(19)7-10-21(26)24-13-16-12-18(24)22(27)25(16)17-11-15(23)8-9-20(17)29-2/h3-6,8-9,11,16,18H,7,10,12-13H2,1-2H3/t16-,18-/m0/s1. The molecule has 2 fully saturated rings. The van der Waals surface area contributed by atoms with Crippen molar-refractivity contribution in [2.45, 2.75) is 31.3 Å². The van der Waals surface area contributed by atoms with Crippen LogP contribution in [-0.2, 0) is 16.0 Å². The molecule has 4 rings (SSSR count). The van der Waals surface area contributed by atoms with E-state index in [2.05, 4.69) is 0 Å². The average molecular weight is 415 g/mol. The number of hydrogen-bond donors (Lipinski definition) is 0. The number of aryl methyl sites for hydroxylation is 1. The molecule has 0 radical (unpaired) electrons. The van der Waals surface area contributed by atoms with Crippen LogP contribution < -0.4 is 14.4 Å². The molecule has 2 aliphatic heterocycles. The first-order valence-electron chi connectivity index (χ1n) is 9.61. The molecule has 2 aliphatic rings. The van der Waals surface area contributed by atoms with Gasteiger partial charge in [-0.2, -0.15) is 0 Å². The Kier molecular flexibility index (Phi) is 5.37. The third-order valence-corrected chi connectivity index (χ3v) is 5.92. The van der Waals surface area contributed by atoms with Crippen molar-refractivity contribution in [3.8, 4) is 11.5 Å². The van der Waals surface area contributed by atoms with Crippen molar-refractivity contribution in [1.29, 1.82) is 0 Å². The number of methoxy groups -OCH3 is 2. The van der Waals surface area contributed by atoms with E-state index in [-0.39, 0.29) is 17.9 Å². The molecule has 2 amide bonds. The molecule has 2 saturated heterocycles. The van der Waals surface area contributed by atoms with Crippen LogP contribution in [0.4, 0.5) is 5.69 Å². The predicted molar refractivity (Wildman–Crippen MR) is 111 cm³/mol. The summed E-state index contributed by atoms with van der Waals surface area (Å²) in [6.07, 6.45) is 1.56. The lowest BCUT2D eigenvalue weighted by Gasteiger charge is -2.34. The lowest BCUT2D eigenvalue weighted by Crippen LogP contribution is -2.52. The molecule has 0 N–H and O–H groups in total. The Bertz CT molecular complexity index is 948. The van der Waals surface area contributed by atoms with Gasteiger partial charge in [0.15, 0.2) is 0 Å².